The van der Waals surface area contributed by atoms with Crippen LogP contribution in [0.2, 0.25) is 0 Å². The molecule has 0 aromatic heterocycles. The largest absolute Gasteiger partial charge is 0.425 e. The lowest BCUT2D eigenvalue weighted by Gasteiger charge is -2.46. The Morgan fingerprint density at radius 2 is 1.09 bits per heavy atom. The third-order valence-electron chi connectivity index (χ3n) is 5.78. The molecule has 16 heteroatoms. The highest BCUT2D eigenvalue weighted by Gasteiger charge is 2.66. The van der Waals surface area contributed by atoms with Gasteiger partial charge in [0.15, 0.2) is 6.04 Å². The highest BCUT2D eigenvalue weighted by molar-refractivity contribution is 5.01. The third-order valence-corrected chi connectivity index (χ3v) is 5.78. The van der Waals surface area contributed by atoms with Crippen LogP contribution >= 0.6 is 0 Å². The molecule has 0 N–H and O–H groups in total. The minimum absolute atomic E-state index is 0.0288. The molecule has 0 spiro atoms. The lowest BCUT2D eigenvalue weighted by atomic mass is 9.89. The van der Waals surface area contributed by atoms with Crippen LogP contribution in [-0.2, 0) is 4.74 Å². The Balaban J connectivity index is 2.25. The first kappa shape index (κ1) is 28.2. The fourth-order valence-electron chi connectivity index (χ4n) is 4.10. The van der Waals surface area contributed by atoms with Gasteiger partial charge in [-0.1, -0.05) is 0 Å². The maximum Gasteiger partial charge on any atom is 0.425 e. The molecule has 2 fully saturated rings. The summed E-state index contributed by atoms with van der Waals surface area (Å²) in [6.07, 6.45) is -32.0. The molecular formula is C17H19F14NO. The predicted molar refractivity (Wildman–Crippen MR) is 83.6 cm³/mol. The molecule has 0 aromatic carbocycles. The number of likely N-dealkylation sites (tertiary alicyclic amines) is 1. The van der Waals surface area contributed by atoms with Crippen molar-refractivity contribution < 1.29 is 66.2 Å². The Bertz CT molecular complexity index is 650. The molecule has 4 unspecified atom stereocenters. The summed E-state index contributed by atoms with van der Waals surface area (Å²) in [6, 6.07) is -3.74. The summed E-state index contributed by atoms with van der Waals surface area (Å²) in [5, 5.41) is 0. The van der Waals surface area contributed by atoms with Crippen molar-refractivity contribution in [1.82, 2.24) is 4.90 Å². The van der Waals surface area contributed by atoms with Gasteiger partial charge in [0.2, 0.25) is 0 Å². The lowest BCUT2D eigenvalue weighted by molar-refractivity contribution is -0.318. The number of rotatable bonds is 5. The van der Waals surface area contributed by atoms with E-state index in [0.717, 1.165) is 0 Å². The summed E-state index contributed by atoms with van der Waals surface area (Å²) in [6.45, 7) is -2.09. The molecule has 0 amide bonds. The zero-order valence-corrected chi connectivity index (χ0v) is 16.5. The van der Waals surface area contributed by atoms with Crippen LogP contribution < -0.4 is 0 Å². The maximum atomic E-state index is 14.9. The monoisotopic (exact) mass is 519 g/mol. The van der Waals surface area contributed by atoms with Crippen LogP contribution in [0.5, 0.6) is 0 Å². The van der Waals surface area contributed by atoms with Gasteiger partial charge < -0.3 is 4.74 Å². The van der Waals surface area contributed by atoms with Gasteiger partial charge in [0.05, 0.1) is 5.92 Å². The van der Waals surface area contributed by atoms with E-state index in [9.17, 15) is 61.5 Å². The van der Waals surface area contributed by atoms with Crippen LogP contribution in [-0.4, -0.2) is 72.8 Å². The van der Waals surface area contributed by atoms with Crippen molar-refractivity contribution >= 4 is 0 Å². The van der Waals surface area contributed by atoms with Gasteiger partial charge in [-0.25, -0.2) is 22.0 Å². The van der Waals surface area contributed by atoms with Crippen molar-refractivity contribution in [1.29, 1.82) is 0 Å². The molecule has 2 nitrogen and oxygen atoms in total. The quantitative estimate of drug-likeness (QED) is 0.396. The van der Waals surface area contributed by atoms with E-state index >= 15 is 0 Å². The van der Waals surface area contributed by atoms with Crippen molar-refractivity contribution in [3.63, 3.8) is 0 Å². The Labute approximate surface area is 178 Å². The van der Waals surface area contributed by atoms with E-state index < -0.39 is 106 Å². The standard InChI is InChI=1S/C17H19F14NO/c18-11(16(26,27)28)13(19,20)9-2-1-3-10(33-9)14(21,22)12(17(29,30)31)32-6-4-8(5-7-32)15(23,24)25/h8-12H,1-7H2. The molecule has 0 aromatic rings. The molecule has 0 bridgehead atoms. The van der Waals surface area contributed by atoms with Gasteiger partial charge in [-0.15, -0.1) is 0 Å². The van der Waals surface area contributed by atoms with Crippen LogP contribution in [0.1, 0.15) is 32.1 Å². The van der Waals surface area contributed by atoms with Gasteiger partial charge in [-0.2, -0.15) is 39.5 Å². The maximum absolute atomic E-state index is 14.9. The summed E-state index contributed by atoms with van der Waals surface area (Å²) in [7, 11) is 0. The van der Waals surface area contributed by atoms with Crippen molar-refractivity contribution in [3.8, 4) is 0 Å². The van der Waals surface area contributed by atoms with Gasteiger partial charge >= 0.3 is 24.5 Å². The topological polar surface area (TPSA) is 12.5 Å². The van der Waals surface area contributed by atoms with E-state index in [1.54, 1.807) is 0 Å². The van der Waals surface area contributed by atoms with Gasteiger partial charge in [0, 0.05) is 0 Å². The third kappa shape index (κ3) is 6.14. The zero-order chi connectivity index (χ0) is 25.6. The minimum Gasteiger partial charge on any atom is -0.362 e. The number of piperidine rings is 1. The predicted octanol–water partition coefficient (Wildman–Crippen LogP) is 6.30. The second kappa shape index (κ2) is 9.19. The number of alkyl halides is 14. The number of ether oxygens (including phenoxy) is 1. The second-order valence-electron chi connectivity index (χ2n) is 8.09. The summed E-state index contributed by atoms with van der Waals surface area (Å²) >= 11 is 0. The average Bonchev–Trinajstić information content (AvgIpc) is 2.65. The molecule has 2 aliphatic rings. The van der Waals surface area contributed by atoms with E-state index in [-0.39, 0.29) is 4.90 Å². The first-order valence-electron chi connectivity index (χ1n) is 9.69. The van der Waals surface area contributed by atoms with Crippen LogP contribution in [0.15, 0.2) is 0 Å². The number of hydrogen-bond acceptors (Lipinski definition) is 2. The van der Waals surface area contributed by atoms with E-state index in [1.165, 1.54) is 0 Å². The smallest absolute Gasteiger partial charge is 0.362 e. The lowest BCUT2D eigenvalue weighted by Crippen LogP contribution is -2.64. The van der Waals surface area contributed by atoms with E-state index in [1.807, 2.05) is 0 Å². The van der Waals surface area contributed by atoms with Crippen molar-refractivity contribution in [2.24, 2.45) is 5.92 Å². The number of halogens is 14. The SMILES string of the molecule is FC(C(F)(F)F)C(F)(F)C1CCCC(C(F)(F)C(N2CCC(C(F)(F)F)CC2)C(F)(F)F)O1. The summed E-state index contributed by atoms with van der Waals surface area (Å²) in [5.41, 5.74) is 0. The molecule has 0 radical (unpaired) electrons. The minimum atomic E-state index is -6.08. The number of hydrogen-bond donors (Lipinski definition) is 0. The van der Waals surface area contributed by atoms with Crippen molar-refractivity contribution in [2.45, 2.75) is 86.9 Å². The van der Waals surface area contributed by atoms with E-state index in [0.29, 0.717) is 0 Å². The van der Waals surface area contributed by atoms with Crippen molar-refractivity contribution in [2.75, 3.05) is 13.1 Å². The molecule has 2 rings (SSSR count). The summed E-state index contributed by atoms with van der Waals surface area (Å²) in [5.74, 6) is -12.4. The Morgan fingerprint density at radius 3 is 1.48 bits per heavy atom. The van der Waals surface area contributed by atoms with Gasteiger partial charge in [0.25, 0.3) is 12.1 Å². The normalized spacial score (nSPS) is 27.5. The van der Waals surface area contributed by atoms with Crippen LogP contribution in [0.4, 0.5) is 61.5 Å². The second-order valence-corrected chi connectivity index (χ2v) is 8.09. The summed E-state index contributed by atoms with van der Waals surface area (Å²) in [4.78, 5) is 0.0288. The van der Waals surface area contributed by atoms with Gasteiger partial charge in [0.1, 0.15) is 12.2 Å². The number of nitrogens with zero attached hydrogens (tertiary/aromatic N) is 1. The molecular weight excluding hydrogens is 500 g/mol. The Kier molecular flexibility index (Phi) is 7.85. The highest BCUT2D eigenvalue weighted by atomic mass is 19.4. The van der Waals surface area contributed by atoms with Crippen LogP contribution in [0.25, 0.3) is 0 Å². The Morgan fingerprint density at radius 1 is 0.636 bits per heavy atom. The molecule has 2 heterocycles. The van der Waals surface area contributed by atoms with E-state index in [2.05, 4.69) is 4.74 Å². The zero-order valence-electron chi connectivity index (χ0n) is 16.5. The average molecular weight is 519 g/mol. The molecule has 0 saturated carbocycles. The molecule has 196 valence electrons. The summed E-state index contributed by atoms with van der Waals surface area (Å²) < 4.78 is 191. The van der Waals surface area contributed by atoms with Gasteiger partial charge in [-0.05, 0) is 45.2 Å². The highest BCUT2D eigenvalue weighted by Crippen LogP contribution is 2.47. The van der Waals surface area contributed by atoms with Gasteiger partial charge in [-0.3, -0.25) is 4.90 Å². The first-order chi connectivity index (χ1) is 14.7. The molecule has 2 aliphatic heterocycles. The molecule has 4 atom stereocenters. The first-order valence-corrected chi connectivity index (χ1v) is 9.69. The molecule has 0 aliphatic carbocycles. The van der Waals surface area contributed by atoms with Crippen LogP contribution in [0.3, 0.4) is 0 Å². The molecule has 2 saturated heterocycles. The fraction of sp³-hybridized carbons (Fsp3) is 1.00. The Hall–Kier alpha value is -1.06. The fourth-order valence-corrected chi connectivity index (χ4v) is 4.10. The molecule has 33 heavy (non-hydrogen) atoms. The van der Waals surface area contributed by atoms with Crippen molar-refractivity contribution in [3.05, 3.63) is 0 Å². The van der Waals surface area contributed by atoms with Crippen LogP contribution in [0, 0.1) is 5.92 Å². The van der Waals surface area contributed by atoms with E-state index in [4.69, 9.17) is 0 Å².